The SMILES string of the molecule is CCn1cc(C2(O)CC3CCC(C2)O3)cn1. The fourth-order valence-corrected chi connectivity index (χ4v) is 2.93. The molecule has 2 aliphatic heterocycles. The summed E-state index contributed by atoms with van der Waals surface area (Å²) in [5.74, 6) is 0. The fraction of sp³-hybridized carbons (Fsp3) is 0.750. The van der Waals surface area contributed by atoms with E-state index in [0.717, 1.165) is 37.8 Å². The molecule has 2 saturated heterocycles. The first-order valence-electron chi connectivity index (χ1n) is 6.10. The summed E-state index contributed by atoms with van der Waals surface area (Å²) in [6.45, 7) is 2.90. The maximum atomic E-state index is 10.7. The zero-order valence-electron chi connectivity index (χ0n) is 9.59. The molecular weight excluding hydrogens is 204 g/mol. The highest BCUT2D eigenvalue weighted by Gasteiger charge is 2.45. The Morgan fingerprint density at radius 1 is 1.50 bits per heavy atom. The minimum atomic E-state index is -0.711. The second-order valence-electron chi connectivity index (χ2n) is 4.98. The topological polar surface area (TPSA) is 47.3 Å². The van der Waals surface area contributed by atoms with Crippen molar-refractivity contribution in [2.45, 2.75) is 57.0 Å². The number of hydrogen-bond donors (Lipinski definition) is 1. The third-order valence-corrected chi connectivity index (χ3v) is 3.82. The van der Waals surface area contributed by atoms with Gasteiger partial charge >= 0.3 is 0 Å². The zero-order valence-corrected chi connectivity index (χ0v) is 9.59. The molecule has 0 aliphatic carbocycles. The molecule has 0 aromatic carbocycles. The lowest BCUT2D eigenvalue weighted by Gasteiger charge is -2.35. The number of nitrogens with zero attached hydrogens (tertiary/aromatic N) is 2. The molecule has 0 saturated carbocycles. The molecule has 2 bridgehead atoms. The Hall–Kier alpha value is -0.870. The van der Waals surface area contributed by atoms with Crippen molar-refractivity contribution in [3.63, 3.8) is 0 Å². The summed E-state index contributed by atoms with van der Waals surface area (Å²) in [5, 5.41) is 14.9. The number of aliphatic hydroxyl groups is 1. The average molecular weight is 222 g/mol. The molecule has 2 aliphatic rings. The van der Waals surface area contributed by atoms with Crippen molar-refractivity contribution in [1.29, 1.82) is 0 Å². The minimum absolute atomic E-state index is 0.244. The lowest BCUT2D eigenvalue weighted by atomic mass is 9.85. The molecule has 1 aromatic rings. The predicted octanol–water partition coefficient (Wildman–Crippen LogP) is 1.43. The summed E-state index contributed by atoms with van der Waals surface area (Å²) in [4.78, 5) is 0. The number of ether oxygens (including phenoxy) is 1. The van der Waals surface area contributed by atoms with Crippen LogP contribution >= 0.6 is 0 Å². The van der Waals surface area contributed by atoms with Gasteiger partial charge < -0.3 is 9.84 Å². The van der Waals surface area contributed by atoms with E-state index in [-0.39, 0.29) is 12.2 Å². The number of aromatic nitrogens is 2. The van der Waals surface area contributed by atoms with E-state index >= 15 is 0 Å². The molecule has 0 radical (unpaired) electrons. The Bertz CT molecular complexity index is 376. The van der Waals surface area contributed by atoms with Gasteiger partial charge in [0, 0.05) is 31.1 Å². The van der Waals surface area contributed by atoms with Gasteiger partial charge in [0.15, 0.2) is 0 Å². The van der Waals surface area contributed by atoms with Crippen molar-refractivity contribution >= 4 is 0 Å². The third kappa shape index (κ3) is 1.57. The molecule has 1 N–H and O–H groups in total. The number of aryl methyl sites for hydroxylation is 1. The van der Waals surface area contributed by atoms with Gasteiger partial charge in [0.1, 0.15) is 0 Å². The van der Waals surface area contributed by atoms with Crippen LogP contribution in [0.25, 0.3) is 0 Å². The molecule has 2 unspecified atom stereocenters. The number of fused-ring (bicyclic) bond motifs is 2. The number of rotatable bonds is 2. The van der Waals surface area contributed by atoms with Crippen molar-refractivity contribution in [3.8, 4) is 0 Å². The molecule has 0 amide bonds. The van der Waals surface area contributed by atoms with E-state index in [1.165, 1.54) is 0 Å². The number of hydrogen-bond acceptors (Lipinski definition) is 3. The predicted molar refractivity (Wildman–Crippen MR) is 58.9 cm³/mol. The summed E-state index contributed by atoms with van der Waals surface area (Å²) in [5.41, 5.74) is 0.242. The van der Waals surface area contributed by atoms with Gasteiger partial charge in [-0.25, -0.2) is 0 Å². The van der Waals surface area contributed by atoms with Crippen molar-refractivity contribution < 1.29 is 9.84 Å². The minimum Gasteiger partial charge on any atom is -0.385 e. The highest BCUT2D eigenvalue weighted by Crippen LogP contribution is 2.43. The van der Waals surface area contributed by atoms with Crippen LogP contribution in [-0.4, -0.2) is 27.1 Å². The van der Waals surface area contributed by atoms with E-state index in [1.54, 1.807) is 6.20 Å². The Morgan fingerprint density at radius 2 is 2.19 bits per heavy atom. The van der Waals surface area contributed by atoms with Crippen LogP contribution in [0.5, 0.6) is 0 Å². The normalized spacial score (nSPS) is 37.9. The van der Waals surface area contributed by atoms with E-state index in [0.29, 0.717) is 0 Å². The molecule has 4 nitrogen and oxygen atoms in total. The summed E-state index contributed by atoms with van der Waals surface area (Å²) < 4.78 is 7.63. The standard InChI is InChI=1S/C12H18N2O2/c1-2-14-8-9(7-13-14)12(15)5-10-3-4-11(6-12)16-10/h7-8,10-11,15H,2-6H2,1H3. The van der Waals surface area contributed by atoms with Crippen LogP contribution in [0.2, 0.25) is 0 Å². The lowest BCUT2D eigenvalue weighted by Crippen LogP contribution is -2.38. The quantitative estimate of drug-likeness (QED) is 0.823. The largest absolute Gasteiger partial charge is 0.385 e. The Morgan fingerprint density at radius 3 is 2.75 bits per heavy atom. The monoisotopic (exact) mass is 222 g/mol. The first-order valence-corrected chi connectivity index (χ1v) is 6.10. The molecule has 88 valence electrons. The van der Waals surface area contributed by atoms with Gasteiger partial charge in [-0.3, -0.25) is 4.68 Å². The third-order valence-electron chi connectivity index (χ3n) is 3.82. The molecule has 3 heterocycles. The first-order chi connectivity index (χ1) is 7.69. The van der Waals surface area contributed by atoms with Crippen molar-refractivity contribution in [1.82, 2.24) is 9.78 Å². The van der Waals surface area contributed by atoms with Gasteiger partial charge in [-0.15, -0.1) is 0 Å². The second kappa shape index (κ2) is 3.57. The van der Waals surface area contributed by atoms with Gasteiger partial charge in [0.25, 0.3) is 0 Å². The van der Waals surface area contributed by atoms with E-state index in [1.807, 2.05) is 10.9 Å². The molecule has 2 atom stereocenters. The Labute approximate surface area is 95.2 Å². The van der Waals surface area contributed by atoms with E-state index in [9.17, 15) is 5.11 Å². The molecule has 0 spiro atoms. The van der Waals surface area contributed by atoms with Gasteiger partial charge in [-0.1, -0.05) is 0 Å². The van der Waals surface area contributed by atoms with E-state index < -0.39 is 5.60 Å². The maximum Gasteiger partial charge on any atom is 0.0976 e. The summed E-state index contributed by atoms with van der Waals surface area (Å²) in [6.07, 6.45) is 7.88. The highest BCUT2D eigenvalue weighted by atomic mass is 16.5. The summed E-state index contributed by atoms with van der Waals surface area (Å²) >= 11 is 0. The van der Waals surface area contributed by atoms with Crippen LogP contribution in [0.15, 0.2) is 12.4 Å². The fourth-order valence-electron chi connectivity index (χ4n) is 2.93. The van der Waals surface area contributed by atoms with E-state index in [2.05, 4.69) is 12.0 Å². The van der Waals surface area contributed by atoms with Crippen LogP contribution in [0.3, 0.4) is 0 Å². The van der Waals surface area contributed by atoms with Crippen LogP contribution in [-0.2, 0) is 16.9 Å². The van der Waals surface area contributed by atoms with Crippen LogP contribution < -0.4 is 0 Å². The average Bonchev–Trinajstić information content (AvgIpc) is 2.85. The molecule has 16 heavy (non-hydrogen) atoms. The smallest absolute Gasteiger partial charge is 0.0976 e. The molecule has 1 aromatic heterocycles. The van der Waals surface area contributed by atoms with Crippen molar-refractivity contribution in [3.05, 3.63) is 18.0 Å². The van der Waals surface area contributed by atoms with Gasteiger partial charge in [0.05, 0.1) is 24.0 Å². The Kier molecular flexibility index (Phi) is 2.30. The van der Waals surface area contributed by atoms with Gasteiger partial charge in [0.2, 0.25) is 0 Å². The maximum absolute atomic E-state index is 10.7. The Balaban J connectivity index is 1.87. The van der Waals surface area contributed by atoms with Crippen LogP contribution in [0.1, 0.15) is 38.2 Å². The van der Waals surface area contributed by atoms with E-state index in [4.69, 9.17) is 4.74 Å². The molecule has 4 heteroatoms. The molecular formula is C12H18N2O2. The van der Waals surface area contributed by atoms with Gasteiger partial charge in [-0.05, 0) is 19.8 Å². The highest BCUT2D eigenvalue weighted by molar-refractivity contribution is 5.18. The van der Waals surface area contributed by atoms with Gasteiger partial charge in [-0.2, -0.15) is 5.10 Å². The van der Waals surface area contributed by atoms with Crippen LogP contribution in [0.4, 0.5) is 0 Å². The van der Waals surface area contributed by atoms with Crippen molar-refractivity contribution in [2.75, 3.05) is 0 Å². The lowest BCUT2D eigenvalue weighted by molar-refractivity contribution is -0.115. The van der Waals surface area contributed by atoms with Crippen molar-refractivity contribution in [2.24, 2.45) is 0 Å². The molecule has 2 fully saturated rings. The van der Waals surface area contributed by atoms with Crippen LogP contribution in [0, 0.1) is 0 Å². The summed E-state index contributed by atoms with van der Waals surface area (Å²) in [7, 11) is 0. The second-order valence-corrected chi connectivity index (χ2v) is 4.98. The zero-order chi connectivity index (χ0) is 11.2. The first kappa shape index (κ1) is 10.3. The summed E-state index contributed by atoms with van der Waals surface area (Å²) in [6, 6.07) is 0. The molecule has 3 rings (SSSR count).